The van der Waals surface area contributed by atoms with Crippen molar-refractivity contribution in [3.8, 4) is 0 Å². The van der Waals surface area contributed by atoms with Gasteiger partial charge in [0.1, 0.15) is 6.04 Å². The molecule has 2 aliphatic rings. The van der Waals surface area contributed by atoms with E-state index in [1.54, 1.807) is 21.1 Å². The van der Waals surface area contributed by atoms with Gasteiger partial charge in [-0.1, -0.05) is 19.9 Å². The smallest absolute Gasteiger partial charge is 0.245 e. The number of fused-ring (bicyclic) bond motifs is 1. The number of carbonyl (C=O) groups is 2. The second-order valence-electron chi connectivity index (χ2n) is 6.30. The Morgan fingerprint density at radius 3 is 2.90 bits per heavy atom. The van der Waals surface area contributed by atoms with Crippen molar-refractivity contribution in [3.05, 3.63) is 22.4 Å². The van der Waals surface area contributed by atoms with Crippen molar-refractivity contribution in [1.82, 2.24) is 9.80 Å². The van der Waals surface area contributed by atoms with E-state index in [0.717, 1.165) is 19.4 Å². The lowest BCUT2D eigenvalue weighted by Gasteiger charge is -2.39. The quantitative estimate of drug-likeness (QED) is 0.853. The maximum absolute atomic E-state index is 12.5. The largest absolute Gasteiger partial charge is 0.331 e. The highest BCUT2D eigenvalue weighted by atomic mass is 32.1. The SMILES string of the molecule is CC(C)(CN1CC(=O)N2CCCC2C1=O)c1cccs1. The van der Waals surface area contributed by atoms with Crippen LogP contribution in [-0.2, 0) is 15.0 Å². The number of rotatable bonds is 3. The third kappa shape index (κ3) is 2.24. The molecule has 4 nitrogen and oxygen atoms in total. The van der Waals surface area contributed by atoms with Crippen molar-refractivity contribution in [3.63, 3.8) is 0 Å². The molecule has 2 aliphatic heterocycles. The van der Waals surface area contributed by atoms with E-state index in [1.807, 2.05) is 6.07 Å². The van der Waals surface area contributed by atoms with Crippen LogP contribution in [0.5, 0.6) is 0 Å². The average molecular weight is 292 g/mol. The van der Waals surface area contributed by atoms with Crippen molar-refractivity contribution in [2.45, 2.75) is 38.1 Å². The van der Waals surface area contributed by atoms with Crippen LogP contribution in [0.25, 0.3) is 0 Å². The summed E-state index contributed by atoms with van der Waals surface area (Å²) in [5.74, 6) is 0.237. The van der Waals surface area contributed by atoms with Crippen LogP contribution < -0.4 is 0 Å². The first-order valence-corrected chi connectivity index (χ1v) is 7.99. The fourth-order valence-electron chi connectivity index (χ4n) is 3.22. The number of carbonyl (C=O) groups excluding carboxylic acids is 2. The standard InChI is InChI=1S/C15H20N2O2S/c1-15(2,12-6-4-8-20-12)10-16-9-13(18)17-7-3-5-11(17)14(16)19/h4,6,8,11H,3,5,7,9-10H2,1-2H3. The average Bonchev–Trinajstić information content (AvgIpc) is 3.06. The molecular weight excluding hydrogens is 272 g/mol. The minimum Gasteiger partial charge on any atom is -0.331 e. The molecule has 108 valence electrons. The van der Waals surface area contributed by atoms with Crippen LogP contribution in [0.1, 0.15) is 31.6 Å². The molecule has 2 saturated heterocycles. The maximum Gasteiger partial charge on any atom is 0.245 e. The molecule has 1 aromatic rings. The lowest BCUT2D eigenvalue weighted by Crippen LogP contribution is -2.59. The van der Waals surface area contributed by atoms with E-state index in [4.69, 9.17) is 0 Å². The predicted molar refractivity (Wildman–Crippen MR) is 78.7 cm³/mol. The zero-order valence-corrected chi connectivity index (χ0v) is 12.8. The van der Waals surface area contributed by atoms with Gasteiger partial charge >= 0.3 is 0 Å². The highest BCUT2D eigenvalue weighted by Gasteiger charge is 2.43. The topological polar surface area (TPSA) is 40.6 Å². The number of hydrogen-bond donors (Lipinski definition) is 0. The van der Waals surface area contributed by atoms with Gasteiger partial charge in [-0.2, -0.15) is 0 Å². The molecule has 20 heavy (non-hydrogen) atoms. The minimum absolute atomic E-state index is 0.106. The van der Waals surface area contributed by atoms with Gasteiger partial charge in [-0.15, -0.1) is 11.3 Å². The molecule has 3 heterocycles. The van der Waals surface area contributed by atoms with Crippen molar-refractivity contribution in [1.29, 1.82) is 0 Å². The molecule has 0 N–H and O–H groups in total. The molecule has 2 fully saturated rings. The van der Waals surface area contributed by atoms with Gasteiger partial charge in [0, 0.05) is 23.4 Å². The van der Waals surface area contributed by atoms with E-state index in [-0.39, 0.29) is 29.8 Å². The Bertz CT molecular complexity index is 524. The Kier molecular flexibility index (Phi) is 3.32. The summed E-state index contributed by atoms with van der Waals surface area (Å²) < 4.78 is 0. The van der Waals surface area contributed by atoms with E-state index in [2.05, 4.69) is 25.3 Å². The van der Waals surface area contributed by atoms with Gasteiger partial charge in [0.25, 0.3) is 0 Å². The Morgan fingerprint density at radius 2 is 2.20 bits per heavy atom. The summed E-state index contributed by atoms with van der Waals surface area (Å²) in [6.45, 7) is 5.87. The van der Waals surface area contributed by atoms with E-state index in [1.165, 1.54) is 4.88 Å². The molecule has 0 aromatic carbocycles. The molecule has 2 amide bonds. The maximum atomic E-state index is 12.5. The van der Waals surface area contributed by atoms with Crippen LogP contribution in [-0.4, -0.2) is 47.3 Å². The highest BCUT2D eigenvalue weighted by Crippen LogP contribution is 2.31. The summed E-state index contributed by atoms with van der Waals surface area (Å²) in [5.41, 5.74) is -0.106. The molecule has 0 bridgehead atoms. The number of thiophene rings is 1. The van der Waals surface area contributed by atoms with Crippen molar-refractivity contribution in [2.75, 3.05) is 19.6 Å². The third-order valence-electron chi connectivity index (χ3n) is 4.27. The fourth-order valence-corrected chi connectivity index (χ4v) is 4.06. The first kappa shape index (κ1) is 13.6. The predicted octanol–water partition coefficient (Wildman–Crippen LogP) is 1.86. The van der Waals surface area contributed by atoms with Crippen molar-refractivity contribution < 1.29 is 9.59 Å². The molecule has 0 aliphatic carbocycles. The molecule has 0 spiro atoms. The Labute approximate surface area is 123 Å². The van der Waals surface area contributed by atoms with E-state index in [0.29, 0.717) is 6.54 Å². The molecule has 1 aromatic heterocycles. The van der Waals surface area contributed by atoms with Crippen LogP contribution >= 0.6 is 11.3 Å². The Morgan fingerprint density at radius 1 is 1.40 bits per heavy atom. The van der Waals surface area contributed by atoms with Crippen molar-refractivity contribution >= 4 is 23.2 Å². The second kappa shape index (κ2) is 4.88. The van der Waals surface area contributed by atoms with Gasteiger partial charge in [-0.3, -0.25) is 9.59 Å². The summed E-state index contributed by atoms with van der Waals surface area (Å²) in [5, 5.41) is 2.05. The van der Waals surface area contributed by atoms with Gasteiger partial charge in [-0.05, 0) is 24.3 Å². The van der Waals surface area contributed by atoms with Crippen LogP contribution in [0.2, 0.25) is 0 Å². The van der Waals surface area contributed by atoms with Gasteiger partial charge in [0.05, 0.1) is 6.54 Å². The lowest BCUT2D eigenvalue weighted by molar-refractivity contribution is -0.154. The number of nitrogens with zero attached hydrogens (tertiary/aromatic N) is 2. The summed E-state index contributed by atoms with van der Waals surface area (Å²) >= 11 is 1.71. The first-order chi connectivity index (χ1) is 9.49. The van der Waals surface area contributed by atoms with Crippen LogP contribution in [0.15, 0.2) is 17.5 Å². The van der Waals surface area contributed by atoms with E-state index < -0.39 is 0 Å². The summed E-state index contributed by atoms with van der Waals surface area (Å²) in [6, 6.07) is 3.93. The monoisotopic (exact) mass is 292 g/mol. The summed E-state index contributed by atoms with van der Waals surface area (Å²) in [4.78, 5) is 29.4. The zero-order valence-electron chi connectivity index (χ0n) is 12.0. The Balaban J connectivity index is 1.77. The molecule has 1 atom stereocenters. The normalized spacial score (nSPS) is 23.4. The van der Waals surface area contributed by atoms with Crippen molar-refractivity contribution in [2.24, 2.45) is 0 Å². The molecule has 3 rings (SSSR count). The number of hydrogen-bond acceptors (Lipinski definition) is 3. The number of piperazine rings is 1. The van der Waals surface area contributed by atoms with Gasteiger partial charge in [-0.25, -0.2) is 0 Å². The van der Waals surface area contributed by atoms with E-state index >= 15 is 0 Å². The lowest BCUT2D eigenvalue weighted by atomic mass is 9.90. The summed E-state index contributed by atoms with van der Waals surface area (Å²) in [7, 11) is 0. The van der Waals surface area contributed by atoms with Gasteiger partial charge < -0.3 is 9.80 Å². The first-order valence-electron chi connectivity index (χ1n) is 7.11. The molecule has 0 saturated carbocycles. The van der Waals surface area contributed by atoms with Gasteiger partial charge in [0.15, 0.2) is 0 Å². The van der Waals surface area contributed by atoms with Crippen LogP contribution in [0, 0.1) is 0 Å². The highest BCUT2D eigenvalue weighted by molar-refractivity contribution is 7.10. The molecule has 0 radical (unpaired) electrons. The molecular formula is C15H20N2O2S. The Hall–Kier alpha value is -1.36. The number of amides is 2. The second-order valence-corrected chi connectivity index (χ2v) is 7.25. The zero-order chi connectivity index (χ0) is 14.3. The van der Waals surface area contributed by atoms with Gasteiger partial charge in [0.2, 0.25) is 11.8 Å². The van der Waals surface area contributed by atoms with E-state index in [9.17, 15) is 9.59 Å². The fraction of sp³-hybridized carbons (Fsp3) is 0.600. The summed E-state index contributed by atoms with van der Waals surface area (Å²) in [6.07, 6.45) is 1.77. The third-order valence-corrected chi connectivity index (χ3v) is 5.51. The minimum atomic E-state index is -0.199. The van der Waals surface area contributed by atoms with Crippen LogP contribution in [0.4, 0.5) is 0 Å². The van der Waals surface area contributed by atoms with Crippen LogP contribution in [0.3, 0.4) is 0 Å². The molecule has 5 heteroatoms. The molecule has 1 unspecified atom stereocenters.